The largest absolute Gasteiger partial charge is 0.464 e. The summed E-state index contributed by atoms with van der Waals surface area (Å²) in [6.07, 6.45) is -0.158. The van der Waals surface area contributed by atoms with E-state index in [0.717, 1.165) is 29.8 Å². The first kappa shape index (κ1) is 27.1. The van der Waals surface area contributed by atoms with Gasteiger partial charge in [-0.1, -0.05) is 48.0 Å². The smallest absolute Gasteiger partial charge is 0.311 e. The highest BCUT2D eigenvalue weighted by molar-refractivity contribution is 6.30. The number of hydrogen-bond acceptors (Lipinski definition) is 7. The van der Waals surface area contributed by atoms with E-state index in [1.807, 2.05) is 48.5 Å². The molecule has 0 saturated carbocycles. The minimum absolute atomic E-state index is 0.158. The number of carbonyl (C=O) groups is 2. The lowest BCUT2D eigenvalue weighted by Crippen LogP contribution is -2.39. The number of morpholine rings is 1. The Bertz CT molecular complexity index is 984. The van der Waals surface area contributed by atoms with Gasteiger partial charge in [-0.15, -0.1) is 0 Å². The Labute approximate surface area is 212 Å². The van der Waals surface area contributed by atoms with Crippen LogP contribution in [0, 0.1) is 5.92 Å². The van der Waals surface area contributed by atoms with Crippen molar-refractivity contribution in [3.05, 3.63) is 59.1 Å². The van der Waals surface area contributed by atoms with E-state index in [4.69, 9.17) is 31.5 Å². The Morgan fingerprint density at radius 2 is 1.77 bits per heavy atom. The van der Waals surface area contributed by atoms with Gasteiger partial charge in [0.05, 0.1) is 25.6 Å². The topological polar surface area (TPSA) is 91.1 Å². The predicted molar refractivity (Wildman–Crippen MR) is 136 cm³/mol. The molecule has 1 aliphatic heterocycles. The SMILES string of the molecule is CC(C)(C)OC(=O)C(CC(=O)OCCN1CCOCC1)C(N)c1ccc(-c2cccc(Cl)c2)cc1. The molecule has 0 aliphatic carbocycles. The Morgan fingerprint density at radius 3 is 2.40 bits per heavy atom. The summed E-state index contributed by atoms with van der Waals surface area (Å²) in [5.74, 6) is -1.86. The van der Waals surface area contributed by atoms with Crippen molar-refractivity contribution < 1.29 is 23.8 Å². The van der Waals surface area contributed by atoms with Crippen LogP contribution in [-0.4, -0.2) is 61.9 Å². The Hall–Kier alpha value is -2.45. The van der Waals surface area contributed by atoms with Gasteiger partial charge in [0, 0.05) is 30.7 Å². The monoisotopic (exact) mass is 502 g/mol. The maximum atomic E-state index is 13.0. The predicted octanol–water partition coefficient (Wildman–Crippen LogP) is 4.23. The molecular formula is C27H35ClN2O5. The summed E-state index contributed by atoms with van der Waals surface area (Å²) in [6.45, 7) is 9.23. The molecule has 35 heavy (non-hydrogen) atoms. The van der Waals surface area contributed by atoms with Gasteiger partial charge in [0.2, 0.25) is 0 Å². The third-order valence-electron chi connectivity index (χ3n) is 5.76. The molecule has 190 valence electrons. The maximum absolute atomic E-state index is 13.0. The van der Waals surface area contributed by atoms with Gasteiger partial charge < -0.3 is 19.9 Å². The molecule has 0 radical (unpaired) electrons. The standard InChI is InChI=1S/C27H35ClN2O5/c1-27(2,3)35-26(32)23(18-24(31)34-16-13-30-11-14-33-15-12-30)25(29)20-9-7-19(8-10-20)21-5-4-6-22(28)17-21/h4-10,17,23,25H,11-16,18,29H2,1-3H3. The van der Waals surface area contributed by atoms with Crippen LogP contribution >= 0.6 is 11.6 Å². The summed E-state index contributed by atoms with van der Waals surface area (Å²) in [5.41, 5.74) is 8.49. The van der Waals surface area contributed by atoms with Crippen molar-refractivity contribution in [2.24, 2.45) is 11.7 Å². The summed E-state index contributed by atoms with van der Waals surface area (Å²) in [6, 6.07) is 14.4. The number of rotatable bonds is 9. The zero-order valence-corrected chi connectivity index (χ0v) is 21.4. The third-order valence-corrected chi connectivity index (χ3v) is 5.99. The fourth-order valence-electron chi connectivity index (χ4n) is 3.88. The van der Waals surface area contributed by atoms with Crippen LogP contribution in [0.25, 0.3) is 11.1 Å². The van der Waals surface area contributed by atoms with Crippen LogP contribution < -0.4 is 5.73 Å². The molecule has 3 rings (SSSR count). The van der Waals surface area contributed by atoms with Gasteiger partial charge in [-0.3, -0.25) is 14.5 Å². The van der Waals surface area contributed by atoms with Gasteiger partial charge in [-0.2, -0.15) is 0 Å². The van der Waals surface area contributed by atoms with Crippen molar-refractivity contribution in [3.8, 4) is 11.1 Å². The van der Waals surface area contributed by atoms with E-state index in [1.165, 1.54) is 0 Å². The highest BCUT2D eigenvalue weighted by Gasteiger charge is 2.33. The van der Waals surface area contributed by atoms with E-state index in [1.54, 1.807) is 20.8 Å². The fraction of sp³-hybridized carbons (Fsp3) is 0.481. The molecule has 1 saturated heterocycles. The molecule has 1 heterocycles. The van der Waals surface area contributed by atoms with Crippen LogP contribution in [0.2, 0.25) is 5.02 Å². The lowest BCUT2D eigenvalue weighted by molar-refractivity contribution is -0.165. The van der Waals surface area contributed by atoms with Gasteiger partial charge in [0.15, 0.2) is 0 Å². The Morgan fingerprint density at radius 1 is 1.09 bits per heavy atom. The molecule has 2 aromatic rings. The summed E-state index contributed by atoms with van der Waals surface area (Å²) < 4.78 is 16.3. The summed E-state index contributed by atoms with van der Waals surface area (Å²) in [5, 5.41) is 0.653. The minimum atomic E-state index is -0.873. The Kier molecular flexibility index (Phi) is 9.69. The minimum Gasteiger partial charge on any atom is -0.464 e. The van der Waals surface area contributed by atoms with Crippen LogP contribution in [-0.2, 0) is 23.8 Å². The average molecular weight is 503 g/mol. The number of carbonyl (C=O) groups excluding carboxylic acids is 2. The van der Waals surface area contributed by atoms with Crippen molar-refractivity contribution in [2.45, 2.75) is 38.8 Å². The van der Waals surface area contributed by atoms with Gasteiger partial charge in [-0.25, -0.2) is 0 Å². The van der Waals surface area contributed by atoms with E-state index in [-0.39, 0.29) is 13.0 Å². The molecule has 2 N–H and O–H groups in total. The van der Waals surface area contributed by atoms with Crippen LogP contribution in [0.3, 0.4) is 0 Å². The second-order valence-electron chi connectivity index (χ2n) is 9.68. The number of esters is 2. The highest BCUT2D eigenvalue weighted by Crippen LogP contribution is 2.29. The molecule has 0 aromatic heterocycles. The van der Waals surface area contributed by atoms with Gasteiger partial charge in [0.25, 0.3) is 0 Å². The first-order chi connectivity index (χ1) is 16.6. The first-order valence-electron chi connectivity index (χ1n) is 11.9. The number of hydrogen-bond donors (Lipinski definition) is 1. The van der Waals surface area contributed by atoms with Crippen LogP contribution in [0.5, 0.6) is 0 Å². The normalized spacial score (nSPS) is 16.4. The molecule has 2 unspecified atom stereocenters. The second-order valence-corrected chi connectivity index (χ2v) is 10.1. The molecular weight excluding hydrogens is 468 g/mol. The zero-order valence-electron chi connectivity index (χ0n) is 20.7. The fourth-order valence-corrected chi connectivity index (χ4v) is 4.07. The van der Waals surface area contributed by atoms with E-state index in [2.05, 4.69) is 4.90 Å². The summed E-state index contributed by atoms with van der Waals surface area (Å²) >= 11 is 6.11. The quantitative estimate of drug-likeness (QED) is 0.513. The highest BCUT2D eigenvalue weighted by atomic mass is 35.5. The average Bonchev–Trinajstić information content (AvgIpc) is 2.82. The molecule has 0 bridgehead atoms. The maximum Gasteiger partial charge on any atom is 0.311 e. The van der Waals surface area contributed by atoms with Gasteiger partial charge in [-0.05, 0) is 49.6 Å². The lowest BCUT2D eigenvalue weighted by Gasteiger charge is -2.28. The molecule has 7 nitrogen and oxygen atoms in total. The van der Waals surface area contributed by atoms with E-state index >= 15 is 0 Å². The molecule has 0 amide bonds. The van der Waals surface area contributed by atoms with Gasteiger partial charge >= 0.3 is 11.9 Å². The number of benzene rings is 2. The molecule has 8 heteroatoms. The van der Waals surface area contributed by atoms with Crippen molar-refractivity contribution in [1.82, 2.24) is 4.90 Å². The third kappa shape index (κ3) is 8.61. The number of nitrogens with zero attached hydrogens (tertiary/aromatic N) is 1. The molecule has 0 spiro atoms. The number of ether oxygens (including phenoxy) is 3. The van der Waals surface area contributed by atoms with Crippen LogP contribution in [0.1, 0.15) is 38.8 Å². The van der Waals surface area contributed by atoms with E-state index in [0.29, 0.717) is 24.8 Å². The van der Waals surface area contributed by atoms with Crippen LogP contribution in [0.15, 0.2) is 48.5 Å². The van der Waals surface area contributed by atoms with Crippen molar-refractivity contribution in [3.63, 3.8) is 0 Å². The van der Waals surface area contributed by atoms with Gasteiger partial charge in [0.1, 0.15) is 12.2 Å². The number of nitrogens with two attached hydrogens (primary N) is 1. The molecule has 1 fully saturated rings. The lowest BCUT2D eigenvalue weighted by atomic mass is 9.90. The Balaban J connectivity index is 1.68. The van der Waals surface area contributed by atoms with Crippen LogP contribution in [0.4, 0.5) is 0 Å². The summed E-state index contributed by atoms with van der Waals surface area (Å²) in [7, 11) is 0. The second kappa shape index (κ2) is 12.5. The van der Waals surface area contributed by atoms with E-state index in [9.17, 15) is 9.59 Å². The molecule has 2 atom stereocenters. The van der Waals surface area contributed by atoms with Crippen molar-refractivity contribution >= 4 is 23.5 Å². The van der Waals surface area contributed by atoms with Crippen molar-refractivity contribution in [2.75, 3.05) is 39.5 Å². The van der Waals surface area contributed by atoms with E-state index < -0.39 is 29.5 Å². The number of halogens is 1. The molecule has 1 aliphatic rings. The van der Waals surface area contributed by atoms with Crippen molar-refractivity contribution in [1.29, 1.82) is 0 Å². The molecule has 2 aromatic carbocycles. The zero-order chi connectivity index (χ0) is 25.4. The first-order valence-corrected chi connectivity index (χ1v) is 12.3. The summed E-state index contributed by atoms with van der Waals surface area (Å²) in [4.78, 5) is 27.8.